The number of nitrogens with zero attached hydrogens (tertiary/aromatic N) is 2. The molecule has 0 N–H and O–H groups in total. The highest BCUT2D eigenvalue weighted by Gasteiger charge is 2.33. The molecule has 1 fully saturated rings. The predicted molar refractivity (Wildman–Crippen MR) is 141 cm³/mol. The number of aryl methyl sites for hydroxylation is 1. The Bertz CT molecular complexity index is 1220. The van der Waals surface area contributed by atoms with Gasteiger partial charge >= 0.3 is 11.9 Å². The van der Waals surface area contributed by atoms with Crippen LogP contribution in [0.25, 0.3) is 0 Å². The highest BCUT2D eigenvalue weighted by Crippen LogP contribution is 2.30. The van der Waals surface area contributed by atoms with E-state index in [4.69, 9.17) is 18.9 Å². The third-order valence-corrected chi connectivity index (χ3v) is 7.71. The van der Waals surface area contributed by atoms with Crippen molar-refractivity contribution in [2.24, 2.45) is 11.0 Å². The van der Waals surface area contributed by atoms with E-state index in [2.05, 4.69) is 5.10 Å². The van der Waals surface area contributed by atoms with E-state index in [1.165, 1.54) is 39.5 Å². The van der Waals surface area contributed by atoms with Crippen molar-refractivity contribution < 1.29 is 37.0 Å². The van der Waals surface area contributed by atoms with Crippen LogP contribution in [0.4, 0.5) is 0 Å². The van der Waals surface area contributed by atoms with Crippen molar-refractivity contribution in [3.63, 3.8) is 0 Å². The topological polar surface area (TPSA) is 121 Å². The number of ether oxygens (including phenoxy) is 4. The smallest absolute Gasteiger partial charge is 0.308 e. The zero-order chi connectivity index (χ0) is 27.7. The van der Waals surface area contributed by atoms with Gasteiger partial charge in [0.1, 0.15) is 18.1 Å². The molecule has 0 aliphatic heterocycles. The second-order valence-electron chi connectivity index (χ2n) is 8.95. The van der Waals surface area contributed by atoms with Crippen molar-refractivity contribution in [1.29, 1.82) is 0 Å². The number of carbonyl (C=O) groups is 2. The number of hydrazone groups is 1. The molecular weight excluding hydrogens is 512 g/mol. The summed E-state index contributed by atoms with van der Waals surface area (Å²) in [7, 11) is -1.21. The Hall–Kier alpha value is -3.60. The van der Waals surface area contributed by atoms with Gasteiger partial charge in [0.05, 0.1) is 49.5 Å². The maximum atomic E-state index is 13.8. The molecule has 38 heavy (non-hydrogen) atoms. The largest absolute Gasteiger partial charge is 0.496 e. The van der Waals surface area contributed by atoms with Crippen molar-refractivity contribution in [1.82, 2.24) is 4.41 Å². The monoisotopic (exact) mass is 546 g/mol. The first-order valence-electron chi connectivity index (χ1n) is 12.3. The Morgan fingerprint density at radius 3 is 2.24 bits per heavy atom. The summed E-state index contributed by atoms with van der Waals surface area (Å²) in [4.78, 5) is 23.6. The summed E-state index contributed by atoms with van der Waals surface area (Å²) in [6, 6.07) is 10.6. The molecule has 1 atom stereocenters. The Kier molecular flexibility index (Phi) is 10.1. The van der Waals surface area contributed by atoms with Gasteiger partial charge in [0.2, 0.25) is 0 Å². The summed E-state index contributed by atoms with van der Waals surface area (Å²) in [5, 5.41) is 4.37. The van der Waals surface area contributed by atoms with Crippen LogP contribution in [-0.2, 0) is 29.1 Å². The molecule has 3 rings (SSSR count). The second kappa shape index (κ2) is 13.3. The lowest BCUT2D eigenvalue weighted by Gasteiger charge is -2.28. The minimum absolute atomic E-state index is 0.0280. The van der Waals surface area contributed by atoms with Gasteiger partial charge in [-0.05, 0) is 56.9 Å². The number of carbonyl (C=O) groups excluding carboxylic acids is 2. The predicted octanol–water partition coefficient (Wildman–Crippen LogP) is 3.70. The number of benzene rings is 2. The number of hydrogen-bond donors (Lipinski definition) is 0. The van der Waals surface area contributed by atoms with Crippen molar-refractivity contribution in [3.05, 3.63) is 53.6 Å². The molecule has 1 saturated carbocycles. The highest BCUT2D eigenvalue weighted by atomic mass is 32.2. The molecule has 2 aromatic carbocycles. The SMILES string of the molecule is COc1cccc(OC)c1/C=N/N(C(CCCOC(=O)C1CC1)COC(C)=O)S(=O)(=O)c1ccc(C)cc1. The van der Waals surface area contributed by atoms with Gasteiger partial charge in [-0.25, -0.2) is 0 Å². The second-order valence-corrected chi connectivity index (χ2v) is 10.7. The van der Waals surface area contributed by atoms with Crippen LogP contribution in [0.1, 0.15) is 43.7 Å². The first-order valence-corrected chi connectivity index (χ1v) is 13.8. The fourth-order valence-corrected chi connectivity index (χ4v) is 5.12. The van der Waals surface area contributed by atoms with Gasteiger partial charge in [0.15, 0.2) is 0 Å². The van der Waals surface area contributed by atoms with E-state index in [1.54, 1.807) is 30.3 Å². The van der Waals surface area contributed by atoms with E-state index in [1.807, 2.05) is 6.92 Å². The summed E-state index contributed by atoms with van der Waals surface area (Å²) in [5.74, 6) is 0.0319. The molecule has 0 heterocycles. The van der Waals surface area contributed by atoms with Crippen molar-refractivity contribution in [2.75, 3.05) is 27.4 Å². The maximum Gasteiger partial charge on any atom is 0.308 e. The number of hydrogen-bond acceptors (Lipinski definition) is 9. The molecule has 206 valence electrons. The molecule has 10 nitrogen and oxygen atoms in total. The van der Waals surface area contributed by atoms with Gasteiger partial charge in [0, 0.05) is 6.92 Å². The van der Waals surface area contributed by atoms with Crippen LogP contribution in [0.2, 0.25) is 0 Å². The summed E-state index contributed by atoms with van der Waals surface area (Å²) in [6.45, 7) is 2.98. The first kappa shape index (κ1) is 29.0. The van der Waals surface area contributed by atoms with Gasteiger partial charge in [0.25, 0.3) is 10.0 Å². The quantitative estimate of drug-likeness (QED) is 0.152. The van der Waals surface area contributed by atoms with E-state index < -0.39 is 22.0 Å². The minimum Gasteiger partial charge on any atom is -0.496 e. The van der Waals surface area contributed by atoms with E-state index >= 15 is 0 Å². The number of esters is 2. The van der Waals surface area contributed by atoms with Crippen molar-refractivity contribution in [3.8, 4) is 11.5 Å². The molecule has 11 heteroatoms. The first-order chi connectivity index (χ1) is 18.2. The maximum absolute atomic E-state index is 13.8. The fourth-order valence-electron chi connectivity index (χ4n) is 3.69. The zero-order valence-corrected chi connectivity index (χ0v) is 22.9. The Balaban J connectivity index is 1.97. The van der Waals surface area contributed by atoms with Crippen molar-refractivity contribution in [2.45, 2.75) is 50.5 Å². The molecular formula is C27H34N2O8S. The average molecular weight is 547 g/mol. The van der Waals surface area contributed by atoms with E-state index in [9.17, 15) is 18.0 Å². The van der Waals surface area contributed by atoms with Gasteiger partial charge in [-0.1, -0.05) is 23.8 Å². The summed E-state index contributed by atoms with van der Waals surface area (Å²) in [5.41, 5.74) is 1.33. The van der Waals surface area contributed by atoms with E-state index in [0.717, 1.165) is 22.8 Å². The summed E-state index contributed by atoms with van der Waals surface area (Å²) in [6.07, 6.45) is 3.57. The molecule has 0 bridgehead atoms. The lowest BCUT2D eigenvalue weighted by molar-refractivity contribution is -0.145. The van der Waals surface area contributed by atoms with Crippen molar-refractivity contribution >= 4 is 28.2 Å². The summed E-state index contributed by atoms with van der Waals surface area (Å²) < 4.78 is 49.9. The normalized spacial score (nSPS) is 14.1. The van der Waals surface area contributed by atoms with Crippen LogP contribution >= 0.6 is 0 Å². The minimum atomic E-state index is -4.18. The van der Waals surface area contributed by atoms with E-state index in [0.29, 0.717) is 23.5 Å². The van der Waals surface area contributed by atoms with Crippen LogP contribution in [-0.4, -0.2) is 64.5 Å². The molecule has 1 aliphatic rings. The molecule has 0 aromatic heterocycles. The lowest BCUT2D eigenvalue weighted by Crippen LogP contribution is -2.40. The number of rotatable bonds is 14. The third kappa shape index (κ3) is 7.70. The number of methoxy groups -OCH3 is 2. The van der Waals surface area contributed by atoms with Crippen LogP contribution in [0.15, 0.2) is 52.5 Å². The molecule has 2 aromatic rings. The van der Waals surface area contributed by atoms with Gasteiger partial charge < -0.3 is 18.9 Å². The van der Waals surface area contributed by atoms with Gasteiger partial charge in [-0.2, -0.15) is 17.9 Å². The molecule has 1 unspecified atom stereocenters. The Morgan fingerprint density at radius 1 is 1.05 bits per heavy atom. The lowest BCUT2D eigenvalue weighted by atomic mass is 10.2. The molecule has 0 radical (unpaired) electrons. The zero-order valence-electron chi connectivity index (χ0n) is 22.1. The van der Waals surface area contributed by atoms with E-state index in [-0.39, 0.29) is 36.4 Å². The molecule has 0 amide bonds. The number of sulfonamides is 1. The van der Waals surface area contributed by atoms with Crippen LogP contribution < -0.4 is 9.47 Å². The summed E-state index contributed by atoms with van der Waals surface area (Å²) >= 11 is 0. The average Bonchev–Trinajstić information content (AvgIpc) is 3.74. The molecule has 0 spiro atoms. The van der Waals surface area contributed by atoms with Gasteiger partial charge in [-0.15, -0.1) is 0 Å². The van der Waals surface area contributed by atoms with Crippen LogP contribution in [0.3, 0.4) is 0 Å². The fraction of sp³-hybridized carbons (Fsp3) is 0.444. The highest BCUT2D eigenvalue weighted by molar-refractivity contribution is 7.89. The van der Waals surface area contributed by atoms with Gasteiger partial charge in [-0.3, -0.25) is 9.59 Å². The molecule has 0 saturated heterocycles. The van der Waals surface area contributed by atoms with Crippen LogP contribution in [0.5, 0.6) is 11.5 Å². The Labute approximate surface area is 223 Å². The standard InChI is InChI=1S/C27H34N2O8S/c1-19-10-14-23(15-11-19)38(32,33)29(28-17-24-25(34-3)8-5-9-26(24)35-4)22(18-37-20(2)30)7-6-16-36-27(31)21-12-13-21/h5,8-11,14-15,17,21-22H,6-7,12-13,16,18H2,1-4H3/b28-17+. The Morgan fingerprint density at radius 2 is 1.68 bits per heavy atom. The van der Waals surface area contributed by atoms with Crippen LogP contribution in [0, 0.1) is 12.8 Å². The third-order valence-electron chi connectivity index (χ3n) is 5.96. The molecule has 1 aliphatic carbocycles.